The largest absolute Gasteiger partial charge is 0.457 e. The molecule has 1 aliphatic rings. The lowest BCUT2D eigenvalue weighted by Crippen LogP contribution is -2.51. The van der Waals surface area contributed by atoms with E-state index in [0.717, 1.165) is 66.4 Å². The number of carbonyl (C=O) groups excluding carboxylic acids is 1. The van der Waals surface area contributed by atoms with Crippen LogP contribution < -0.4 is 10.1 Å². The standard InChI is InChI=1S/C30H35N5O2/c1-22-19-33-29-28(22)27(12-13-32-29)37-26-10-8-23(9-11-26)18-25(20-31-2)30(36)35-16-14-34(15-17-35)21-24-6-4-3-5-7-24/h3-13,19,25,31H,14-18,20-21H2,1-2H3,(H,32,33). The van der Waals surface area contributed by atoms with Crippen molar-refractivity contribution in [2.24, 2.45) is 5.92 Å². The number of pyridine rings is 1. The van der Waals surface area contributed by atoms with Crippen LogP contribution in [0, 0.1) is 12.8 Å². The van der Waals surface area contributed by atoms with E-state index >= 15 is 0 Å². The molecule has 5 rings (SSSR count). The van der Waals surface area contributed by atoms with E-state index in [0.29, 0.717) is 13.0 Å². The average molecular weight is 498 g/mol. The summed E-state index contributed by atoms with van der Waals surface area (Å²) >= 11 is 0. The molecule has 2 aromatic carbocycles. The second-order valence-electron chi connectivity index (χ2n) is 9.80. The first-order valence-electron chi connectivity index (χ1n) is 13.0. The van der Waals surface area contributed by atoms with Crippen molar-refractivity contribution in [3.8, 4) is 11.5 Å². The number of rotatable bonds is 9. The molecule has 0 bridgehead atoms. The molecule has 1 aliphatic heterocycles. The van der Waals surface area contributed by atoms with Crippen molar-refractivity contribution in [2.75, 3.05) is 39.8 Å². The molecular weight excluding hydrogens is 462 g/mol. The van der Waals surface area contributed by atoms with Crippen LogP contribution in [0.2, 0.25) is 0 Å². The quantitative estimate of drug-likeness (QED) is 0.359. The number of nitrogens with one attached hydrogen (secondary N) is 2. The molecule has 1 atom stereocenters. The van der Waals surface area contributed by atoms with Gasteiger partial charge in [0, 0.05) is 51.7 Å². The zero-order valence-electron chi connectivity index (χ0n) is 21.6. The normalized spacial score (nSPS) is 15.1. The Hall–Kier alpha value is -3.68. The van der Waals surface area contributed by atoms with E-state index in [1.165, 1.54) is 5.56 Å². The molecule has 0 spiro atoms. The third-order valence-electron chi connectivity index (χ3n) is 7.10. The Bertz CT molecular complexity index is 1310. The van der Waals surface area contributed by atoms with Crippen LogP contribution >= 0.6 is 0 Å². The SMILES string of the molecule is CNCC(Cc1ccc(Oc2ccnc3[nH]cc(C)c23)cc1)C(=O)N1CCN(Cc2ccccc2)CC1. The number of hydrogen-bond acceptors (Lipinski definition) is 5. The summed E-state index contributed by atoms with van der Waals surface area (Å²) in [5, 5.41) is 4.22. The Labute approximate surface area is 218 Å². The molecule has 37 heavy (non-hydrogen) atoms. The Morgan fingerprint density at radius 3 is 2.51 bits per heavy atom. The molecule has 3 heterocycles. The van der Waals surface area contributed by atoms with Gasteiger partial charge in [0.15, 0.2) is 0 Å². The Morgan fingerprint density at radius 1 is 1.03 bits per heavy atom. The number of hydrogen-bond donors (Lipinski definition) is 2. The van der Waals surface area contributed by atoms with Gasteiger partial charge in [-0.3, -0.25) is 9.69 Å². The van der Waals surface area contributed by atoms with Crippen molar-refractivity contribution in [3.05, 3.63) is 89.7 Å². The van der Waals surface area contributed by atoms with Crippen LogP contribution in [0.25, 0.3) is 11.0 Å². The van der Waals surface area contributed by atoms with Gasteiger partial charge in [-0.05, 0) is 55.3 Å². The number of aryl methyl sites for hydroxylation is 1. The fourth-order valence-corrected chi connectivity index (χ4v) is 5.09. The van der Waals surface area contributed by atoms with Crippen molar-refractivity contribution >= 4 is 16.9 Å². The third-order valence-corrected chi connectivity index (χ3v) is 7.10. The summed E-state index contributed by atoms with van der Waals surface area (Å²) in [7, 11) is 1.91. The number of H-pyrrole nitrogens is 1. The number of amides is 1. The maximum atomic E-state index is 13.4. The van der Waals surface area contributed by atoms with Gasteiger partial charge < -0.3 is 19.9 Å². The molecular formula is C30H35N5O2. The van der Waals surface area contributed by atoms with Crippen LogP contribution in [-0.4, -0.2) is 65.4 Å². The summed E-state index contributed by atoms with van der Waals surface area (Å²) in [6.07, 6.45) is 4.38. The van der Waals surface area contributed by atoms with Gasteiger partial charge in [0.2, 0.25) is 5.91 Å². The predicted octanol–water partition coefficient (Wildman–Crippen LogP) is 4.39. The lowest BCUT2D eigenvalue weighted by Gasteiger charge is -2.36. The van der Waals surface area contributed by atoms with Gasteiger partial charge in [-0.1, -0.05) is 42.5 Å². The van der Waals surface area contributed by atoms with Crippen LogP contribution in [-0.2, 0) is 17.8 Å². The van der Waals surface area contributed by atoms with E-state index in [1.807, 2.05) is 49.3 Å². The molecule has 2 N–H and O–H groups in total. The van der Waals surface area contributed by atoms with Crippen LogP contribution in [0.15, 0.2) is 73.1 Å². The van der Waals surface area contributed by atoms with E-state index in [2.05, 4.69) is 56.6 Å². The molecule has 1 fully saturated rings. The van der Waals surface area contributed by atoms with Crippen molar-refractivity contribution in [1.82, 2.24) is 25.1 Å². The van der Waals surface area contributed by atoms with Crippen LogP contribution in [0.1, 0.15) is 16.7 Å². The summed E-state index contributed by atoms with van der Waals surface area (Å²) in [4.78, 5) is 25.4. The number of fused-ring (bicyclic) bond motifs is 1. The minimum Gasteiger partial charge on any atom is -0.457 e. The Morgan fingerprint density at radius 2 is 1.78 bits per heavy atom. The molecule has 1 unspecified atom stereocenters. The first-order chi connectivity index (χ1) is 18.1. The number of piperazine rings is 1. The second kappa shape index (κ2) is 11.6. The highest BCUT2D eigenvalue weighted by Crippen LogP contribution is 2.31. The van der Waals surface area contributed by atoms with Gasteiger partial charge in [0.25, 0.3) is 0 Å². The molecule has 7 nitrogen and oxygen atoms in total. The Balaban J connectivity index is 1.18. The monoisotopic (exact) mass is 497 g/mol. The molecule has 192 valence electrons. The first kappa shape index (κ1) is 25.0. The smallest absolute Gasteiger partial charge is 0.227 e. The maximum Gasteiger partial charge on any atom is 0.227 e. The van der Waals surface area contributed by atoms with Gasteiger partial charge in [-0.2, -0.15) is 0 Å². The summed E-state index contributed by atoms with van der Waals surface area (Å²) in [5.74, 6) is 1.69. The number of ether oxygens (including phenoxy) is 1. The first-order valence-corrected chi connectivity index (χ1v) is 13.0. The van der Waals surface area contributed by atoms with Gasteiger partial charge in [-0.25, -0.2) is 4.98 Å². The van der Waals surface area contributed by atoms with Gasteiger partial charge >= 0.3 is 0 Å². The average Bonchev–Trinajstić information content (AvgIpc) is 3.32. The fraction of sp³-hybridized carbons (Fsp3) is 0.333. The van der Waals surface area contributed by atoms with Crippen LogP contribution in [0.5, 0.6) is 11.5 Å². The fourth-order valence-electron chi connectivity index (χ4n) is 5.09. The van der Waals surface area contributed by atoms with Crippen molar-refractivity contribution in [2.45, 2.75) is 19.9 Å². The molecule has 2 aromatic heterocycles. The van der Waals surface area contributed by atoms with Crippen molar-refractivity contribution in [3.63, 3.8) is 0 Å². The van der Waals surface area contributed by atoms with Crippen LogP contribution in [0.4, 0.5) is 0 Å². The van der Waals surface area contributed by atoms with E-state index in [4.69, 9.17) is 4.74 Å². The second-order valence-corrected chi connectivity index (χ2v) is 9.80. The van der Waals surface area contributed by atoms with Crippen molar-refractivity contribution < 1.29 is 9.53 Å². The summed E-state index contributed by atoms with van der Waals surface area (Å²) in [6, 6.07) is 20.5. The molecule has 0 radical (unpaired) electrons. The number of aromatic amines is 1. The van der Waals surface area contributed by atoms with Gasteiger partial charge in [0.05, 0.1) is 11.3 Å². The minimum absolute atomic E-state index is 0.0974. The van der Waals surface area contributed by atoms with E-state index in [9.17, 15) is 4.79 Å². The number of carbonyl (C=O) groups is 1. The summed E-state index contributed by atoms with van der Waals surface area (Å²) < 4.78 is 6.18. The summed E-state index contributed by atoms with van der Waals surface area (Å²) in [6.45, 7) is 6.99. The molecule has 4 aromatic rings. The molecule has 1 saturated heterocycles. The molecule has 0 aliphatic carbocycles. The highest BCUT2D eigenvalue weighted by atomic mass is 16.5. The zero-order valence-corrected chi connectivity index (χ0v) is 21.6. The molecule has 1 amide bonds. The van der Waals surface area contributed by atoms with E-state index in [-0.39, 0.29) is 11.8 Å². The van der Waals surface area contributed by atoms with Gasteiger partial charge in [0.1, 0.15) is 17.1 Å². The van der Waals surface area contributed by atoms with Gasteiger partial charge in [-0.15, -0.1) is 0 Å². The van der Waals surface area contributed by atoms with E-state index < -0.39 is 0 Å². The minimum atomic E-state index is -0.0974. The lowest BCUT2D eigenvalue weighted by molar-refractivity contribution is -0.137. The number of benzene rings is 2. The topological polar surface area (TPSA) is 73.5 Å². The van der Waals surface area contributed by atoms with Crippen molar-refractivity contribution in [1.29, 1.82) is 0 Å². The predicted molar refractivity (Wildman–Crippen MR) is 147 cm³/mol. The molecule has 7 heteroatoms. The maximum absolute atomic E-state index is 13.4. The van der Waals surface area contributed by atoms with Crippen LogP contribution in [0.3, 0.4) is 0 Å². The highest BCUT2D eigenvalue weighted by molar-refractivity contribution is 5.86. The third kappa shape index (κ3) is 6.01. The number of nitrogens with zero attached hydrogens (tertiary/aromatic N) is 3. The Kier molecular flexibility index (Phi) is 7.82. The zero-order chi connectivity index (χ0) is 25.6. The highest BCUT2D eigenvalue weighted by Gasteiger charge is 2.27. The van der Waals surface area contributed by atoms with E-state index in [1.54, 1.807) is 6.20 Å². The lowest BCUT2D eigenvalue weighted by atomic mass is 9.97. The molecule has 0 saturated carbocycles. The summed E-state index contributed by atoms with van der Waals surface area (Å²) in [5.41, 5.74) is 4.37. The number of aromatic nitrogens is 2.